The van der Waals surface area contributed by atoms with Crippen LogP contribution in [0.5, 0.6) is 0 Å². The number of aliphatic hydroxyl groups excluding tert-OH is 1. The smallest absolute Gasteiger partial charge is 0.351 e. The first-order chi connectivity index (χ1) is 13.4. The summed E-state index contributed by atoms with van der Waals surface area (Å²) in [6, 6.07) is 1.52. The molecule has 1 aromatic heterocycles. The van der Waals surface area contributed by atoms with Gasteiger partial charge in [0.15, 0.2) is 6.23 Å². The lowest BCUT2D eigenvalue weighted by Crippen LogP contribution is -2.44. The van der Waals surface area contributed by atoms with Crippen molar-refractivity contribution in [1.82, 2.24) is 9.55 Å². The molecule has 1 amide bonds. The fraction of sp³-hybridized carbons (Fsp3) is 0.737. The molecule has 1 saturated carbocycles. The summed E-state index contributed by atoms with van der Waals surface area (Å²) in [5.41, 5.74) is -0.583. The van der Waals surface area contributed by atoms with Gasteiger partial charge in [-0.2, -0.15) is 4.98 Å². The van der Waals surface area contributed by atoms with Gasteiger partial charge in [0.05, 0.1) is 18.3 Å². The molecule has 1 aromatic rings. The van der Waals surface area contributed by atoms with E-state index < -0.39 is 30.2 Å². The molecular formula is C19H29N3O6. The molecule has 1 aliphatic heterocycles. The largest absolute Gasteiger partial charge is 0.388 e. The van der Waals surface area contributed by atoms with Crippen LogP contribution >= 0.6 is 0 Å². The highest BCUT2D eigenvalue weighted by Crippen LogP contribution is 2.35. The SMILES string of the molecule is CC[C@H]1O[C@@H](n2ccc(NC(C)=O)nc2=O)[C@@H](O[C@@H]2CCCC[C@H]2OC)C1O. The van der Waals surface area contributed by atoms with Crippen molar-refractivity contribution in [1.29, 1.82) is 0 Å². The monoisotopic (exact) mass is 395 g/mol. The number of rotatable bonds is 6. The molecule has 1 aliphatic carbocycles. The van der Waals surface area contributed by atoms with Gasteiger partial charge in [0, 0.05) is 20.2 Å². The Bertz CT molecular complexity index is 739. The van der Waals surface area contributed by atoms with Crippen LogP contribution in [0.25, 0.3) is 0 Å². The maximum Gasteiger partial charge on any atom is 0.351 e. The zero-order chi connectivity index (χ0) is 20.3. The molecule has 1 unspecified atom stereocenters. The number of aromatic nitrogens is 2. The first-order valence-electron chi connectivity index (χ1n) is 9.83. The van der Waals surface area contributed by atoms with Gasteiger partial charge in [0.2, 0.25) is 5.91 Å². The van der Waals surface area contributed by atoms with Crippen molar-refractivity contribution in [2.24, 2.45) is 0 Å². The minimum absolute atomic E-state index is 0.0423. The Morgan fingerprint density at radius 3 is 2.71 bits per heavy atom. The number of nitrogens with zero attached hydrogens (tertiary/aromatic N) is 2. The second-order valence-electron chi connectivity index (χ2n) is 7.35. The van der Waals surface area contributed by atoms with E-state index in [1.807, 2.05) is 6.92 Å². The van der Waals surface area contributed by atoms with E-state index in [9.17, 15) is 14.7 Å². The normalized spacial score (nSPS) is 33.0. The summed E-state index contributed by atoms with van der Waals surface area (Å²) in [5.74, 6) is -0.143. The van der Waals surface area contributed by atoms with Crippen LogP contribution in [0.2, 0.25) is 0 Å². The molecule has 156 valence electrons. The summed E-state index contributed by atoms with van der Waals surface area (Å²) in [4.78, 5) is 27.6. The molecule has 9 heteroatoms. The average molecular weight is 395 g/mol. The summed E-state index contributed by atoms with van der Waals surface area (Å²) in [5, 5.41) is 13.2. The standard InChI is InChI=1S/C19H29N3O6/c1-4-12-16(24)17(27-14-8-6-5-7-13(14)26-3)18(28-12)22-10-9-15(20-11(2)23)21-19(22)25/h9-10,12-14,16-18,24H,4-8H2,1-3H3,(H,20,21,23,25)/t12-,13-,14-,16?,17+,18-/m1/s1. The maximum atomic E-state index is 12.5. The molecule has 0 aromatic carbocycles. The number of amides is 1. The molecule has 28 heavy (non-hydrogen) atoms. The third-order valence-electron chi connectivity index (χ3n) is 5.40. The molecule has 1 saturated heterocycles. The van der Waals surface area contributed by atoms with Gasteiger partial charge in [0.25, 0.3) is 0 Å². The van der Waals surface area contributed by atoms with Crippen LogP contribution in [-0.2, 0) is 19.0 Å². The van der Waals surface area contributed by atoms with Crippen LogP contribution in [0.15, 0.2) is 17.1 Å². The zero-order valence-electron chi connectivity index (χ0n) is 16.5. The Morgan fingerprint density at radius 1 is 1.39 bits per heavy atom. The quantitative estimate of drug-likeness (QED) is 0.745. The third-order valence-corrected chi connectivity index (χ3v) is 5.40. The molecule has 3 rings (SSSR count). The number of nitrogens with one attached hydrogen (secondary N) is 1. The lowest BCUT2D eigenvalue weighted by Gasteiger charge is -2.34. The number of hydrogen-bond acceptors (Lipinski definition) is 7. The highest BCUT2D eigenvalue weighted by Gasteiger charge is 2.47. The number of aliphatic hydroxyl groups is 1. The van der Waals surface area contributed by atoms with Gasteiger partial charge in [-0.25, -0.2) is 4.79 Å². The van der Waals surface area contributed by atoms with Crippen molar-refractivity contribution in [3.8, 4) is 0 Å². The van der Waals surface area contributed by atoms with Gasteiger partial charge in [-0.3, -0.25) is 9.36 Å². The lowest BCUT2D eigenvalue weighted by molar-refractivity contribution is -0.150. The molecule has 0 spiro atoms. The first kappa shape index (κ1) is 20.9. The zero-order valence-corrected chi connectivity index (χ0v) is 16.5. The molecule has 2 heterocycles. The van der Waals surface area contributed by atoms with E-state index in [-0.39, 0.29) is 23.9 Å². The number of hydrogen-bond donors (Lipinski definition) is 2. The summed E-state index contributed by atoms with van der Waals surface area (Å²) in [7, 11) is 1.66. The van der Waals surface area contributed by atoms with E-state index in [4.69, 9.17) is 14.2 Å². The number of ether oxygens (including phenoxy) is 3. The van der Waals surface area contributed by atoms with Crippen LogP contribution in [0.3, 0.4) is 0 Å². The lowest BCUT2D eigenvalue weighted by atomic mass is 9.94. The predicted octanol–water partition coefficient (Wildman–Crippen LogP) is 1.21. The average Bonchev–Trinajstić information content (AvgIpc) is 2.97. The summed E-state index contributed by atoms with van der Waals surface area (Å²) in [6.07, 6.45) is 2.91. The number of carbonyl (C=O) groups excluding carboxylic acids is 1. The van der Waals surface area contributed by atoms with Gasteiger partial charge < -0.3 is 24.6 Å². The molecule has 2 fully saturated rings. The molecular weight excluding hydrogens is 366 g/mol. The van der Waals surface area contributed by atoms with E-state index in [0.717, 1.165) is 25.7 Å². The number of carbonyl (C=O) groups is 1. The van der Waals surface area contributed by atoms with E-state index in [0.29, 0.717) is 6.42 Å². The predicted molar refractivity (Wildman–Crippen MR) is 101 cm³/mol. The van der Waals surface area contributed by atoms with Crippen molar-refractivity contribution in [2.45, 2.75) is 82.7 Å². The Balaban J connectivity index is 1.85. The van der Waals surface area contributed by atoms with Crippen molar-refractivity contribution in [3.63, 3.8) is 0 Å². The van der Waals surface area contributed by atoms with Crippen molar-refractivity contribution < 1.29 is 24.1 Å². The highest BCUT2D eigenvalue weighted by atomic mass is 16.6. The van der Waals surface area contributed by atoms with E-state index in [2.05, 4.69) is 10.3 Å². The van der Waals surface area contributed by atoms with Crippen molar-refractivity contribution >= 4 is 11.7 Å². The van der Waals surface area contributed by atoms with Gasteiger partial charge in [-0.1, -0.05) is 19.8 Å². The third kappa shape index (κ3) is 4.43. The van der Waals surface area contributed by atoms with E-state index >= 15 is 0 Å². The Labute approximate surface area is 164 Å². The Hall–Kier alpha value is -1.81. The molecule has 2 aliphatic rings. The molecule has 0 bridgehead atoms. The number of anilines is 1. The molecule has 2 N–H and O–H groups in total. The molecule has 9 nitrogen and oxygen atoms in total. The maximum absolute atomic E-state index is 12.5. The Kier molecular flexibility index (Phi) is 6.82. The fourth-order valence-electron chi connectivity index (χ4n) is 3.97. The van der Waals surface area contributed by atoms with Gasteiger partial charge in [0.1, 0.15) is 18.0 Å². The van der Waals surface area contributed by atoms with Crippen LogP contribution in [-0.4, -0.2) is 58.2 Å². The van der Waals surface area contributed by atoms with Gasteiger partial charge in [-0.15, -0.1) is 0 Å². The molecule has 0 radical (unpaired) electrons. The van der Waals surface area contributed by atoms with E-state index in [1.165, 1.54) is 23.8 Å². The van der Waals surface area contributed by atoms with Gasteiger partial charge in [-0.05, 0) is 25.3 Å². The minimum atomic E-state index is -0.864. The van der Waals surface area contributed by atoms with Crippen molar-refractivity contribution in [3.05, 3.63) is 22.7 Å². The minimum Gasteiger partial charge on any atom is -0.388 e. The summed E-state index contributed by atoms with van der Waals surface area (Å²) >= 11 is 0. The van der Waals surface area contributed by atoms with Gasteiger partial charge >= 0.3 is 5.69 Å². The van der Waals surface area contributed by atoms with Crippen LogP contribution in [0.1, 0.15) is 52.2 Å². The number of methoxy groups -OCH3 is 1. The first-order valence-corrected chi connectivity index (χ1v) is 9.83. The van der Waals surface area contributed by atoms with Crippen LogP contribution < -0.4 is 11.0 Å². The summed E-state index contributed by atoms with van der Waals surface area (Å²) < 4.78 is 19.1. The molecule has 6 atom stereocenters. The second-order valence-corrected chi connectivity index (χ2v) is 7.35. The second kappa shape index (κ2) is 9.13. The topological polar surface area (TPSA) is 112 Å². The van der Waals surface area contributed by atoms with Crippen LogP contribution in [0.4, 0.5) is 5.82 Å². The fourth-order valence-corrected chi connectivity index (χ4v) is 3.97. The summed E-state index contributed by atoms with van der Waals surface area (Å²) in [6.45, 7) is 3.25. The van der Waals surface area contributed by atoms with Crippen molar-refractivity contribution in [2.75, 3.05) is 12.4 Å². The van der Waals surface area contributed by atoms with E-state index in [1.54, 1.807) is 7.11 Å². The highest BCUT2D eigenvalue weighted by molar-refractivity contribution is 5.87. The van der Waals surface area contributed by atoms with Crippen LogP contribution in [0, 0.1) is 0 Å². The Morgan fingerprint density at radius 2 is 2.11 bits per heavy atom.